The average Bonchev–Trinajstić information content (AvgIpc) is 3.27. The van der Waals surface area contributed by atoms with Gasteiger partial charge in [-0.15, -0.1) is 0 Å². The van der Waals surface area contributed by atoms with E-state index in [-0.39, 0.29) is 22.8 Å². The Morgan fingerprint density at radius 3 is 2.58 bits per heavy atom. The van der Waals surface area contributed by atoms with E-state index in [1.807, 2.05) is 32.6 Å². The molecule has 0 spiro atoms. The summed E-state index contributed by atoms with van der Waals surface area (Å²) in [6, 6.07) is 5.20. The number of nitrogens with one attached hydrogen (secondary N) is 1. The van der Waals surface area contributed by atoms with Crippen LogP contribution in [0.4, 0.5) is 5.69 Å². The molecule has 1 aliphatic carbocycles. The number of rotatable bonds is 5. The van der Waals surface area contributed by atoms with Crippen molar-refractivity contribution in [2.24, 2.45) is 5.92 Å². The number of nitrogens with zero attached hydrogens (tertiary/aromatic N) is 1. The van der Waals surface area contributed by atoms with Crippen molar-refractivity contribution in [3.8, 4) is 0 Å². The first-order chi connectivity index (χ1) is 11.1. The summed E-state index contributed by atoms with van der Waals surface area (Å²) in [4.78, 5) is 14.6. The minimum Gasteiger partial charge on any atom is -0.309 e. The molecule has 1 atom stereocenters. The van der Waals surface area contributed by atoms with Crippen LogP contribution in [0.5, 0.6) is 0 Å². The number of sulfonamides is 1. The van der Waals surface area contributed by atoms with E-state index in [1.54, 1.807) is 18.2 Å². The van der Waals surface area contributed by atoms with Gasteiger partial charge >= 0.3 is 0 Å². The molecule has 5 nitrogen and oxygen atoms in total. The Bertz CT molecular complexity index is 766. The molecule has 1 amide bonds. The zero-order valence-electron chi connectivity index (χ0n) is 14.8. The van der Waals surface area contributed by atoms with Gasteiger partial charge in [-0.1, -0.05) is 6.92 Å². The maximum absolute atomic E-state index is 12.6. The van der Waals surface area contributed by atoms with Crippen molar-refractivity contribution in [1.29, 1.82) is 0 Å². The van der Waals surface area contributed by atoms with E-state index in [2.05, 4.69) is 4.72 Å². The SMILES string of the molecule is CCC(C)(C)NS(=O)(=O)c1ccc2c(c1)C[C@H](C)N2C(=O)C1CC1. The van der Waals surface area contributed by atoms with E-state index in [1.165, 1.54) is 0 Å². The second-order valence-corrected chi connectivity index (χ2v) is 9.35. The predicted molar refractivity (Wildman–Crippen MR) is 94.5 cm³/mol. The second-order valence-electron chi connectivity index (χ2n) is 7.67. The van der Waals surface area contributed by atoms with Crippen LogP contribution in [0.3, 0.4) is 0 Å². The first-order valence-electron chi connectivity index (χ1n) is 8.64. The molecule has 6 heteroatoms. The Morgan fingerprint density at radius 1 is 1.33 bits per heavy atom. The van der Waals surface area contributed by atoms with Gasteiger partial charge in [0.05, 0.1) is 4.90 Å². The van der Waals surface area contributed by atoms with Crippen molar-refractivity contribution in [3.05, 3.63) is 23.8 Å². The van der Waals surface area contributed by atoms with Crippen LogP contribution in [0.15, 0.2) is 23.1 Å². The third-order valence-electron chi connectivity index (χ3n) is 5.04. The number of hydrogen-bond donors (Lipinski definition) is 1. The molecule has 1 aromatic rings. The van der Waals surface area contributed by atoms with E-state index in [0.29, 0.717) is 12.8 Å². The molecule has 2 aliphatic rings. The lowest BCUT2D eigenvalue weighted by Gasteiger charge is -2.24. The molecule has 1 N–H and O–H groups in total. The summed E-state index contributed by atoms with van der Waals surface area (Å²) in [5.74, 6) is 0.343. The standard InChI is InChI=1S/C18H26N2O3S/c1-5-18(3,4)19-24(22,23)15-8-9-16-14(11-15)10-12(2)20(16)17(21)13-6-7-13/h8-9,11-13,19H,5-7,10H2,1-4H3/t12-/m0/s1. The molecule has 1 aliphatic heterocycles. The first kappa shape index (κ1) is 17.4. The molecular weight excluding hydrogens is 324 g/mol. The zero-order valence-corrected chi connectivity index (χ0v) is 15.6. The highest BCUT2D eigenvalue weighted by Crippen LogP contribution is 2.39. The number of carbonyl (C=O) groups is 1. The Labute approximate surface area is 144 Å². The summed E-state index contributed by atoms with van der Waals surface area (Å²) >= 11 is 0. The van der Waals surface area contributed by atoms with Crippen LogP contribution in [0.25, 0.3) is 0 Å². The predicted octanol–water partition coefficient (Wildman–Crippen LogP) is 2.84. The summed E-state index contributed by atoms with van der Waals surface area (Å²) in [6.07, 6.45) is 3.35. The van der Waals surface area contributed by atoms with Gasteiger partial charge in [-0.3, -0.25) is 4.79 Å². The maximum Gasteiger partial charge on any atom is 0.241 e. The lowest BCUT2D eigenvalue weighted by atomic mass is 10.0. The first-order valence-corrected chi connectivity index (χ1v) is 10.1. The fourth-order valence-corrected chi connectivity index (χ4v) is 4.67. The van der Waals surface area contributed by atoms with E-state index >= 15 is 0 Å². The Balaban J connectivity index is 1.90. The lowest BCUT2D eigenvalue weighted by Crippen LogP contribution is -2.42. The minimum atomic E-state index is -3.56. The van der Waals surface area contributed by atoms with E-state index in [4.69, 9.17) is 0 Å². The van der Waals surface area contributed by atoms with Gasteiger partial charge in [0.2, 0.25) is 15.9 Å². The maximum atomic E-state index is 12.6. The van der Waals surface area contributed by atoms with Crippen LogP contribution >= 0.6 is 0 Å². The molecule has 0 bridgehead atoms. The van der Waals surface area contributed by atoms with Crippen molar-refractivity contribution in [1.82, 2.24) is 4.72 Å². The van der Waals surface area contributed by atoms with Crippen molar-refractivity contribution >= 4 is 21.6 Å². The number of benzene rings is 1. The fraction of sp³-hybridized carbons (Fsp3) is 0.611. The van der Waals surface area contributed by atoms with E-state index in [9.17, 15) is 13.2 Å². The van der Waals surface area contributed by atoms with Crippen molar-refractivity contribution in [3.63, 3.8) is 0 Å². The molecule has 0 saturated heterocycles. The molecule has 1 fully saturated rings. The van der Waals surface area contributed by atoms with Crippen LogP contribution in [-0.4, -0.2) is 25.9 Å². The second kappa shape index (κ2) is 5.85. The van der Waals surface area contributed by atoms with Crippen LogP contribution in [0, 0.1) is 5.92 Å². The Morgan fingerprint density at radius 2 is 2.00 bits per heavy atom. The van der Waals surface area contributed by atoms with Crippen molar-refractivity contribution in [2.75, 3.05) is 4.90 Å². The fourth-order valence-electron chi connectivity index (χ4n) is 3.13. The highest BCUT2D eigenvalue weighted by molar-refractivity contribution is 7.89. The van der Waals surface area contributed by atoms with Gasteiger partial charge in [0.15, 0.2) is 0 Å². The quantitative estimate of drug-likeness (QED) is 0.888. The number of hydrogen-bond acceptors (Lipinski definition) is 3. The molecule has 1 aromatic carbocycles. The van der Waals surface area contributed by atoms with Gasteiger partial charge in [0.1, 0.15) is 0 Å². The Kier molecular flexibility index (Phi) is 4.24. The molecule has 24 heavy (non-hydrogen) atoms. The van der Waals surface area contributed by atoms with Gasteiger partial charge in [-0.05, 0) is 70.2 Å². The Hall–Kier alpha value is -1.40. The highest BCUT2D eigenvalue weighted by Gasteiger charge is 2.39. The molecule has 3 rings (SSSR count). The lowest BCUT2D eigenvalue weighted by molar-refractivity contribution is -0.120. The molecule has 132 valence electrons. The zero-order chi connectivity index (χ0) is 17.7. The van der Waals surface area contributed by atoms with Gasteiger partial charge in [-0.25, -0.2) is 13.1 Å². The molecule has 0 unspecified atom stereocenters. The molecular formula is C18H26N2O3S. The summed E-state index contributed by atoms with van der Waals surface area (Å²) in [6.45, 7) is 7.72. The van der Waals surface area contributed by atoms with E-state index in [0.717, 1.165) is 24.1 Å². The normalized spacial score (nSPS) is 21.0. The topological polar surface area (TPSA) is 66.5 Å². The smallest absolute Gasteiger partial charge is 0.241 e. The summed E-state index contributed by atoms with van der Waals surface area (Å²) in [5.41, 5.74) is 1.32. The summed E-state index contributed by atoms with van der Waals surface area (Å²) < 4.78 is 28.0. The van der Waals surface area contributed by atoms with Gasteiger partial charge < -0.3 is 4.90 Å². The number of fused-ring (bicyclic) bond motifs is 1. The summed E-state index contributed by atoms with van der Waals surface area (Å²) in [7, 11) is -3.56. The van der Waals surface area contributed by atoms with Crippen LogP contribution in [0.1, 0.15) is 52.5 Å². The van der Waals surface area contributed by atoms with Crippen molar-refractivity contribution in [2.45, 2.75) is 69.9 Å². The van der Waals surface area contributed by atoms with Crippen LogP contribution < -0.4 is 9.62 Å². The molecule has 1 heterocycles. The highest BCUT2D eigenvalue weighted by atomic mass is 32.2. The van der Waals surface area contributed by atoms with Crippen LogP contribution in [-0.2, 0) is 21.2 Å². The monoisotopic (exact) mass is 350 g/mol. The third-order valence-corrected chi connectivity index (χ3v) is 6.73. The number of anilines is 1. The van der Waals surface area contributed by atoms with Gasteiger partial charge in [0, 0.05) is 23.2 Å². The van der Waals surface area contributed by atoms with Crippen LogP contribution in [0.2, 0.25) is 0 Å². The third kappa shape index (κ3) is 3.22. The van der Waals surface area contributed by atoms with E-state index < -0.39 is 15.6 Å². The van der Waals surface area contributed by atoms with Gasteiger partial charge in [0.25, 0.3) is 0 Å². The summed E-state index contributed by atoms with van der Waals surface area (Å²) in [5, 5.41) is 0. The molecule has 0 radical (unpaired) electrons. The molecule has 1 saturated carbocycles. The minimum absolute atomic E-state index is 0.0890. The largest absolute Gasteiger partial charge is 0.309 e. The average molecular weight is 350 g/mol. The molecule has 0 aromatic heterocycles. The number of carbonyl (C=O) groups excluding carboxylic acids is 1. The van der Waals surface area contributed by atoms with Gasteiger partial charge in [-0.2, -0.15) is 0 Å². The number of amides is 1. The van der Waals surface area contributed by atoms with Crippen molar-refractivity contribution < 1.29 is 13.2 Å².